The standard InChI is InChI=1S/C20H23N5OS.C7H9NO3S.C6H12O/c1-4-25(3)18-11-15(8-9-22-18)14-6-5-7-16(10-14)17-13-27-20(23-17)24-19(26)12-21-2;1-6-3-7(5-9)4-8(6)12(2,10)11;1-6(2,3)4-5-7/h5-11,13,21H,4,12H2,1-3H3,(H,23,24,26);3-5H,1-2H3;5H,4H2,1-3H3. The van der Waals surface area contributed by atoms with Crippen molar-refractivity contribution in [2.75, 3.05) is 43.7 Å². The van der Waals surface area contributed by atoms with Gasteiger partial charge in [0.2, 0.25) is 15.9 Å². The molecule has 0 radical (unpaired) electrons. The number of aldehydes is 2. The second-order valence-electron chi connectivity index (χ2n) is 11.6. The van der Waals surface area contributed by atoms with Gasteiger partial charge in [-0.05, 0) is 61.7 Å². The number of benzene rings is 1. The third-order valence-corrected chi connectivity index (χ3v) is 8.23. The highest BCUT2D eigenvalue weighted by Gasteiger charge is 2.11. The molecule has 0 atom stereocenters. The number of aromatic nitrogens is 3. The Hall–Kier alpha value is -4.20. The molecule has 46 heavy (non-hydrogen) atoms. The molecule has 0 aliphatic rings. The number of aryl methyl sites for hydroxylation is 1. The van der Waals surface area contributed by atoms with Gasteiger partial charge in [0.1, 0.15) is 12.1 Å². The zero-order valence-corrected chi connectivity index (χ0v) is 29.3. The lowest BCUT2D eigenvalue weighted by Crippen LogP contribution is -2.24. The van der Waals surface area contributed by atoms with Crippen molar-refractivity contribution in [1.82, 2.24) is 19.3 Å². The van der Waals surface area contributed by atoms with Crippen LogP contribution in [0.5, 0.6) is 0 Å². The molecule has 0 saturated heterocycles. The zero-order chi connectivity index (χ0) is 34.5. The van der Waals surface area contributed by atoms with Crippen molar-refractivity contribution in [1.29, 1.82) is 0 Å². The van der Waals surface area contributed by atoms with Gasteiger partial charge in [0, 0.05) is 54.6 Å². The van der Waals surface area contributed by atoms with E-state index in [1.165, 1.54) is 23.6 Å². The predicted octanol–water partition coefficient (Wildman–Crippen LogP) is 5.52. The molecule has 0 spiro atoms. The molecule has 1 amide bonds. The molecule has 0 bridgehead atoms. The number of likely N-dealkylation sites (N-methyl/N-ethyl adjacent to an activating group) is 1. The Balaban J connectivity index is 0.000000319. The number of thiazole rings is 1. The number of pyridine rings is 1. The van der Waals surface area contributed by atoms with Crippen LogP contribution in [0, 0.1) is 12.3 Å². The molecule has 3 heterocycles. The molecule has 4 rings (SSSR count). The molecule has 0 unspecified atom stereocenters. The summed E-state index contributed by atoms with van der Waals surface area (Å²) in [5, 5.41) is 8.18. The quantitative estimate of drug-likeness (QED) is 0.209. The van der Waals surface area contributed by atoms with Gasteiger partial charge in [-0.1, -0.05) is 39.0 Å². The van der Waals surface area contributed by atoms with Crippen molar-refractivity contribution in [2.24, 2.45) is 5.41 Å². The van der Waals surface area contributed by atoms with E-state index in [-0.39, 0.29) is 17.9 Å². The minimum Gasteiger partial charge on any atom is -0.360 e. The molecule has 0 saturated carbocycles. The van der Waals surface area contributed by atoms with Crippen LogP contribution in [0.1, 0.15) is 50.2 Å². The first kappa shape index (κ1) is 38.0. The van der Waals surface area contributed by atoms with Crippen LogP contribution in [0.25, 0.3) is 22.4 Å². The van der Waals surface area contributed by atoms with Gasteiger partial charge in [0.25, 0.3) is 0 Å². The van der Waals surface area contributed by atoms with E-state index in [0.717, 1.165) is 51.3 Å². The minimum atomic E-state index is -3.26. The maximum atomic E-state index is 11.7. The van der Waals surface area contributed by atoms with Gasteiger partial charge in [-0.15, -0.1) is 11.3 Å². The first-order valence-corrected chi connectivity index (χ1v) is 17.3. The van der Waals surface area contributed by atoms with Gasteiger partial charge in [-0.2, -0.15) is 0 Å². The Bertz CT molecular complexity index is 1710. The topological polar surface area (TPSA) is 143 Å². The van der Waals surface area contributed by atoms with Gasteiger partial charge >= 0.3 is 0 Å². The number of nitrogens with one attached hydrogen (secondary N) is 2. The molecule has 4 aromatic rings. The van der Waals surface area contributed by atoms with Crippen LogP contribution in [0.2, 0.25) is 0 Å². The summed E-state index contributed by atoms with van der Waals surface area (Å²) < 4.78 is 23.1. The summed E-state index contributed by atoms with van der Waals surface area (Å²) in [7, 11) is 0.502. The fourth-order valence-electron chi connectivity index (χ4n) is 3.87. The Kier molecular flexibility index (Phi) is 14.4. The van der Waals surface area contributed by atoms with E-state index in [0.29, 0.717) is 29.1 Å². The number of carbonyl (C=O) groups excluding carboxylic acids is 3. The molecule has 2 N–H and O–H groups in total. The van der Waals surface area contributed by atoms with Crippen molar-refractivity contribution in [3.8, 4) is 22.4 Å². The second kappa shape index (κ2) is 17.5. The first-order chi connectivity index (χ1) is 21.6. The van der Waals surface area contributed by atoms with Crippen molar-refractivity contribution < 1.29 is 22.8 Å². The van der Waals surface area contributed by atoms with Crippen molar-refractivity contribution in [3.05, 3.63) is 71.5 Å². The lowest BCUT2D eigenvalue weighted by Gasteiger charge is -2.16. The predicted molar refractivity (Wildman–Crippen MR) is 187 cm³/mol. The number of hydrogen-bond acceptors (Lipinski definition) is 10. The highest BCUT2D eigenvalue weighted by Crippen LogP contribution is 2.30. The van der Waals surface area contributed by atoms with Gasteiger partial charge in [0.05, 0.1) is 18.5 Å². The van der Waals surface area contributed by atoms with E-state index in [4.69, 9.17) is 0 Å². The highest BCUT2D eigenvalue weighted by molar-refractivity contribution is 7.89. The first-order valence-electron chi connectivity index (χ1n) is 14.6. The molecule has 1 aromatic carbocycles. The number of hydrogen-bond donors (Lipinski definition) is 2. The summed E-state index contributed by atoms with van der Waals surface area (Å²) >= 11 is 1.42. The summed E-state index contributed by atoms with van der Waals surface area (Å²) in [5.41, 5.74) is 5.18. The molecule has 11 nitrogen and oxygen atoms in total. The van der Waals surface area contributed by atoms with Gasteiger partial charge in [-0.25, -0.2) is 22.4 Å². The molecular weight excluding hydrogens is 625 g/mol. The fraction of sp³-hybridized carbons (Fsp3) is 0.364. The molecular formula is C33H44N6O5S2. The van der Waals surface area contributed by atoms with E-state index in [1.54, 1.807) is 14.0 Å². The molecule has 0 aliphatic heterocycles. The van der Waals surface area contributed by atoms with Crippen molar-refractivity contribution in [3.63, 3.8) is 0 Å². The van der Waals surface area contributed by atoms with E-state index < -0.39 is 10.0 Å². The van der Waals surface area contributed by atoms with Crippen LogP contribution in [-0.2, 0) is 19.6 Å². The average molecular weight is 669 g/mol. The molecule has 0 fully saturated rings. The Labute approximate surface area is 276 Å². The summed E-state index contributed by atoms with van der Waals surface area (Å²) in [6, 6.07) is 13.9. The monoisotopic (exact) mass is 668 g/mol. The van der Waals surface area contributed by atoms with E-state index in [9.17, 15) is 22.8 Å². The largest absolute Gasteiger partial charge is 0.360 e. The Morgan fingerprint density at radius 1 is 1.09 bits per heavy atom. The van der Waals surface area contributed by atoms with E-state index >= 15 is 0 Å². The number of rotatable bonds is 10. The summed E-state index contributed by atoms with van der Waals surface area (Å²) in [6.45, 7) is 11.0. The van der Waals surface area contributed by atoms with Crippen molar-refractivity contribution >= 4 is 50.8 Å². The summed E-state index contributed by atoms with van der Waals surface area (Å²) in [5.74, 6) is 0.847. The number of carbonyl (C=O) groups is 3. The summed E-state index contributed by atoms with van der Waals surface area (Å²) in [6.07, 6.45) is 6.47. The van der Waals surface area contributed by atoms with E-state index in [2.05, 4.69) is 50.6 Å². The Morgan fingerprint density at radius 3 is 2.28 bits per heavy atom. The van der Waals surface area contributed by atoms with Crippen LogP contribution in [-0.4, -0.2) is 74.3 Å². The molecule has 248 valence electrons. The van der Waals surface area contributed by atoms with Crippen LogP contribution in [0.3, 0.4) is 0 Å². The van der Waals surface area contributed by atoms with Crippen LogP contribution >= 0.6 is 11.3 Å². The SMILES string of the molecule is CC(C)(C)CC=O.CCN(C)c1cc(-c2cccc(-c3csc(NC(=O)CNC)n3)c2)ccn1.Cc1cc(C=O)cn1S(C)(=O)=O. The molecule has 3 aromatic heterocycles. The van der Waals surface area contributed by atoms with Gasteiger partial charge < -0.3 is 20.3 Å². The van der Waals surface area contributed by atoms with Crippen LogP contribution in [0.4, 0.5) is 10.9 Å². The normalized spacial score (nSPS) is 11.0. The van der Waals surface area contributed by atoms with Crippen LogP contribution in [0.15, 0.2) is 60.2 Å². The zero-order valence-electron chi connectivity index (χ0n) is 27.7. The minimum absolute atomic E-state index is 0.100. The van der Waals surface area contributed by atoms with Gasteiger partial charge in [-0.3, -0.25) is 9.59 Å². The third kappa shape index (κ3) is 12.3. The van der Waals surface area contributed by atoms with Crippen LogP contribution < -0.4 is 15.5 Å². The maximum Gasteiger partial charge on any atom is 0.240 e. The molecule has 0 aliphatic carbocycles. The lowest BCUT2D eigenvalue weighted by molar-refractivity contribution is -0.115. The third-order valence-electron chi connectivity index (χ3n) is 6.37. The van der Waals surface area contributed by atoms with E-state index in [1.807, 2.05) is 57.6 Å². The average Bonchev–Trinajstić information content (AvgIpc) is 3.63. The maximum absolute atomic E-state index is 11.7. The molecule has 13 heteroatoms. The Morgan fingerprint density at radius 2 is 1.76 bits per heavy atom. The lowest BCUT2D eigenvalue weighted by atomic mass is 9.93. The smallest absolute Gasteiger partial charge is 0.240 e. The number of anilines is 2. The van der Waals surface area contributed by atoms with Gasteiger partial charge in [0.15, 0.2) is 11.4 Å². The fourth-order valence-corrected chi connectivity index (χ4v) is 5.49. The summed E-state index contributed by atoms with van der Waals surface area (Å²) in [4.78, 5) is 42.9. The number of nitrogens with zero attached hydrogens (tertiary/aromatic N) is 4. The highest BCUT2D eigenvalue weighted by atomic mass is 32.2. The second-order valence-corrected chi connectivity index (χ2v) is 14.4. The van der Waals surface area contributed by atoms with Crippen molar-refractivity contribution in [2.45, 2.75) is 41.0 Å². The number of amides is 1.